The number of carbonyl (C=O) groups is 1. The van der Waals surface area contributed by atoms with Crippen LogP contribution in [-0.2, 0) is 0 Å². The lowest BCUT2D eigenvalue weighted by Crippen LogP contribution is -2.54. The predicted molar refractivity (Wildman–Crippen MR) is 105 cm³/mol. The Hall–Kier alpha value is -2.44. The van der Waals surface area contributed by atoms with Gasteiger partial charge in [0.2, 0.25) is 0 Å². The van der Waals surface area contributed by atoms with E-state index in [1.807, 2.05) is 12.1 Å². The van der Waals surface area contributed by atoms with Crippen LogP contribution in [-0.4, -0.2) is 69.1 Å². The van der Waals surface area contributed by atoms with Gasteiger partial charge in [-0.15, -0.1) is 0 Å². The SMILES string of the molecule is COc1ccc(F)cc1-c1ccc(C(=O)NC[C@H]2CN(C)CCN2C)cc1. The predicted octanol–water partition coefficient (Wildman–Crippen LogP) is 2.48. The summed E-state index contributed by atoms with van der Waals surface area (Å²) < 4.78 is 18.9. The number of carbonyl (C=O) groups excluding carboxylic acids is 1. The number of hydrogen-bond donors (Lipinski definition) is 1. The largest absolute Gasteiger partial charge is 0.496 e. The highest BCUT2D eigenvalue weighted by molar-refractivity contribution is 5.94. The number of nitrogens with zero attached hydrogens (tertiary/aromatic N) is 2. The van der Waals surface area contributed by atoms with Gasteiger partial charge in [0.05, 0.1) is 7.11 Å². The molecule has 6 heteroatoms. The lowest BCUT2D eigenvalue weighted by atomic mass is 10.0. The van der Waals surface area contributed by atoms with Crippen LogP contribution in [0.2, 0.25) is 0 Å². The number of nitrogens with one attached hydrogen (secondary N) is 1. The zero-order chi connectivity index (χ0) is 19.4. The Bertz CT molecular complexity index is 795. The van der Waals surface area contributed by atoms with Crippen molar-refractivity contribution in [2.45, 2.75) is 6.04 Å². The van der Waals surface area contributed by atoms with Gasteiger partial charge in [0.15, 0.2) is 0 Å². The number of amides is 1. The molecular formula is C21H26FN3O2. The summed E-state index contributed by atoms with van der Waals surface area (Å²) in [7, 11) is 5.74. The molecule has 0 radical (unpaired) electrons. The second-order valence-electron chi connectivity index (χ2n) is 7.03. The molecule has 1 atom stereocenters. The number of piperazine rings is 1. The van der Waals surface area contributed by atoms with Gasteiger partial charge >= 0.3 is 0 Å². The van der Waals surface area contributed by atoms with Gasteiger partial charge in [0.25, 0.3) is 5.91 Å². The fourth-order valence-electron chi connectivity index (χ4n) is 3.34. The highest BCUT2D eigenvalue weighted by Gasteiger charge is 2.22. The van der Waals surface area contributed by atoms with Gasteiger partial charge in [-0.3, -0.25) is 9.69 Å². The van der Waals surface area contributed by atoms with E-state index in [4.69, 9.17) is 4.74 Å². The van der Waals surface area contributed by atoms with E-state index < -0.39 is 0 Å². The number of likely N-dealkylation sites (N-methyl/N-ethyl adjacent to an activating group) is 2. The molecule has 1 fully saturated rings. The fraction of sp³-hybridized carbons (Fsp3) is 0.381. The first kappa shape index (κ1) is 19.3. The first-order chi connectivity index (χ1) is 13.0. The van der Waals surface area contributed by atoms with Crippen molar-refractivity contribution in [1.29, 1.82) is 0 Å². The Balaban J connectivity index is 1.66. The van der Waals surface area contributed by atoms with Crippen LogP contribution in [0.3, 0.4) is 0 Å². The standard InChI is InChI=1S/C21H26FN3O2/c1-24-10-11-25(2)18(14-24)13-23-21(26)16-6-4-15(5-7-16)19-12-17(22)8-9-20(19)27-3/h4-9,12,18H,10-11,13-14H2,1-3H3,(H,23,26)/t18-/m0/s1. The topological polar surface area (TPSA) is 44.8 Å². The second kappa shape index (κ2) is 8.50. The van der Waals surface area contributed by atoms with Crippen molar-refractivity contribution in [3.05, 3.63) is 53.8 Å². The Labute approximate surface area is 159 Å². The smallest absolute Gasteiger partial charge is 0.251 e. The third-order valence-corrected chi connectivity index (χ3v) is 5.10. The molecule has 144 valence electrons. The number of rotatable bonds is 5. The second-order valence-corrected chi connectivity index (χ2v) is 7.03. The first-order valence-electron chi connectivity index (χ1n) is 9.09. The summed E-state index contributed by atoms with van der Waals surface area (Å²) in [5, 5.41) is 3.02. The van der Waals surface area contributed by atoms with E-state index in [1.165, 1.54) is 12.1 Å². The van der Waals surface area contributed by atoms with Gasteiger partial charge < -0.3 is 15.0 Å². The zero-order valence-electron chi connectivity index (χ0n) is 16.0. The maximum Gasteiger partial charge on any atom is 0.251 e. The molecule has 0 spiro atoms. The van der Waals surface area contributed by atoms with Crippen LogP contribution >= 0.6 is 0 Å². The molecule has 1 aliphatic heterocycles. The molecule has 0 bridgehead atoms. The van der Waals surface area contributed by atoms with Gasteiger partial charge in [-0.25, -0.2) is 4.39 Å². The maximum absolute atomic E-state index is 13.6. The summed E-state index contributed by atoms with van der Waals surface area (Å²) in [6.45, 7) is 3.60. The summed E-state index contributed by atoms with van der Waals surface area (Å²) in [6.07, 6.45) is 0. The number of methoxy groups -OCH3 is 1. The average Bonchev–Trinajstić information content (AvgIpc) is 2.68. The van der Waals surface area contributed by atoms with E-state index in [-0.39, 0.29) is 11.7 Å². The van der Waals surface area contributed by atoms with E-state index in [1.54, 1.807) is 25.3 Å². The minimum atomic E-state index is -0.325. The molecule has 2 aromatic rings. The number of halogens is 1. The molecule has 1 amide bonds. The van der Waals surface area contributed by atoms with Gasteiger partial charge in [-0.1, -0.05) is 12.1 Å². The van der Waals surface area contributed by atoms with Crippen LogP contribution in [0.4, 0.5) is 4.39 Å². The summed E-state index contributed by atoms with van der Waals surface area (Å²) >= 11 is 0. The van der Waals surface area contributed by atoms with E-state index >= 15 is 0 Å². The Kier molecular flexibility index (Phi) is 6.08. The molecule has 3 rings (SSSR count). The minimum Gasteiger partial charge on any atom is -0.496 e. The minimum absolute atomic E-state index is 0.102. The lowest BCUT2D eigenvalue weighted by molar-refractivity contribution is 0.0881. The number of hydrogen-bond acceptors (Lipinski definition) is 4. The molecule has 1 aliphatic rings. The molecule has 0 unspecified atom stereocenters. The molecule has 27 heavy (non-hydrogen) atoms. The summed E-state index contributed by atoms with van der Waals surface area (Å²) in [5.41, 5.74) is 2.05. The first-order valence-corrected chi connectivity index (χ1v) is 9.09. The molecule has 1 heterocycles. The molecular weight excluding hydrogens is 345 g/mol. The van der Waals surface area contributed by atoms with Crippen LogP contribution in [0.25, 0.3) is 11.1 Å². The highest BCUT2D eigenvalue weighted by Crippen LogP contribution is 2.30. The fourth-order valence-corrected chi connectivity index (χ4v) is 3.34. The van der Waals surface area contributed by atoms with E-state index in [9.17, 15) is 9.18 Å². The van der Waals surface area contributed by atoms with Crippen molar-refractivity contribution in [1.82, 2.24) is 15.1 Å². The highest BCUT2D eigenvalue weighted by atomic mass is 19.1. The maximum atomic E-state index is 13.6. The van der Waals surface area contributed by atoms with Crippen LogP contribution in [0.15, 0.2) is 42.5 Å². The average molecular weight is 371 g/mol. The molecule has 1 saturated heterocycles. The molecule has 0 saturated carbocycles. The Morgan fingerprint density at radius 2 is 1.93 bits per heavy atom. The van der Waals surface area contributed by atoms with Crippen molar-refractivity contribution >= 4 is 5.91 Å². The third-order valence-electron chi connectivity index (χ3n) is 5.10. The van der Waals surface area contributed by atoms with Gasteiger partial charge in [-0.05, 0) is 50.0 Å². The van der Waals surface area contributed by atoms with Gasteiger partial charge in [-0.2, -0.15) is 0 Å². The molecule has 2 aromatic carbocycles. The molecule has 0 aliphatic carbocycles. The number of benzene rings is 2. The van der Waals surface area contributed by atoms with Crippen molar-refractivity contribution < 1.29 is 13.9 Å². The quantitative estimate of drug-likeness (QED) is 0.877. The van der Waals surface area contributed by atoms with Gasteiger partial charge in [0, 0.05) is 43.3 Å². The van der Waals surface area contributed by atoms with Crippen LogP contribution in [0, 0.1) is 5.82 Å². The van der Waals surface area contributed by atoms with E-state index in [2.05, 4.69) is 29.2 Å². The summed E-state index contributed by atoms with van der Waals surface area (Å²) in [4.78, 5) is 17.0. The summed E-state index contributed by atoms with van der Waals surface area (Å²) in [5.74, 6) is 0.168. The lowest BCUT2D eigenvalue weighted by Gasteiger charge is -2.37. The monoisotopic (exact) mass is 371 g/mol. The van der Waals surface area contributed by atoms with Crippen LogP contribution < -0.4 is 10.1 Å². The molecule has 1 N–H and O–H groups in total. The normalized spacial score (nSPS) is 18.3. The van der Waals surface area contributed by atoms with Gasteiger partial charge in [0.1, 0.15) is 11.6 Å². The molecule has 0 aromatic heterocycles. The zero-order valence-corrected chi connectivity index (χ0v) is 16.0. The number of ether oxygens (including phenoxy) is 1. The van der Waals surface area contributed by atoms with Crippen LogP contribution in [0.1, 0.15) is 10.4 Å². The van der Waals surface area contributed by atoms with E-state index in [0.29, 0.717) is 29.5 Å². The van der Waals surface area contributed by atoms with Crippen molar-refractivity contribution in [3.8, 4) is 16.9 Å². The Morgan fingerprint density at radius 1 is 1.19 bits per heavy atom. The third kappa shape index (κ3) is 4.64. The van der Waals surface area contributed by atoms with Crippen molar-refractivity contribution in [3.63, 3.8) is 0 Å². The summed E-state index contributed by atoms with van der Waals surface area (Å²) in [6, 6.07) is 11.8. The van der Waals surface area contributed by atoms with E-state index in [0.717, 1.165) is 25.2 Å². The van der Waals surface area contributed by atoms with Crippen LogP contribution in [0.5, 0.6) is 5.75 Å². The molecule has 5 nitrogen and oxygen atoms in total. The van der Waals surface area contributed by atoms with Crippen molar-refractivity contribution in [2.75, 3.05) is 47.4 Å². The Morgan fingerprint density at radius 3 is 2.63 bits per heavy atom. The van der Waals surface area contributed by atoms with Crippen molar-refractivity contribution in [2.24, 2.45) is 0 Å².